The molecule has 0 fully saturated rings. The fourth-order valence-electron chi connectivity index (χ4n) is 1.93. The van der Waals surface area contributed by atoms with Gasteiger partial charge in [-0.15, -0.1) is 0 Å². The molecular weight excluding hydrogens is 313 g/mol. The molecule has 1 heterocycles. The Labute approximate surface area is 127 Å². The summed E-state index contributed by atoms with van der Waals surface area (Å²) in [7, 11) is 0. The van der Waals surface area contributed by atoms with E-state index in [-0.39, 0.29) is 5.56 Å². The lowest BCUT2D eigenvalue weighted by Gasteiger charge is -2.08. The fraction of sp³-hybridized carbons (Fsp3) is 0.0667. The Morgan fingerprint density at radius 1 is 1.09 bits per heavy atom. The quantitative estimate of drug-likeness (QED) is 0.751. The highest BCUT2D eigenvalue weighted by Gasteiger charge is 2.30. The number of aromatic nitrogens is 1. The van der Waals surface area contributed by atoms with Gasteiger partial charge in [0.15, 0.2) is 5.13 Å². The number of amides is 1. The number of alkyl halides is 3. The van der Waals surface area contributed by atoms with Crippen molar-refractivity contribution in [3.63, 3.8) is 0 Å². The molecule has 0 saturated carbocycles. The average Bonchev–Trinajstić information content (AvgIpc) is 2.88. The summed E-state index contributed by atoms with van der Waals surface area (Å²) >= 11 is 1.26. The predicted molar refractivity (Wildman–Crippen MR) is 79.0 cm³/mol. The number of rotatable bonds is 2. The monoisotopic (exact) mass is 322 g/mol. The van der Waals surface area contributed by atoms with E-state index in [4.69, 9.17) is 0 Å². The third-order valence-electron chi connectivity index (χ3n) is 2.97. The van der Waals surface area contributed by atoms with Gasteiger partial charge in [0.25, 0.3) is 5.91 Å². The van der Waals surface area contributed by atoms with Crippen molar-refractivity contribution in [2.45, 2.75) is 6.18 Å². The van der Waals surface area contributed by atoms with Crippen molar-refractivity contribution in [2.24, 2.45) is 0 Å². The van der Waals surface area contributed by atoms with Crippen LogP contribution in [0.25, 0.3) is 10.2 Å². The highest BCUT2D eigenvalue weighted by molar-refractivity contribution is 7.22. The molecule has 22 heavy (non-hydrogen) atoms. The summed E-state index contributed by atoms with van der Waals surface area (Å²) in [4.78, 5) is 16.3. The lowest BCUT2D eigenvalue weighted by Crippen LogP contribution is -2.13. The third-order valence-corrected chi connectivity index (χ3v) is 3.92. The summed E-state index contributed by atoms with van der Waals surface area (Å²) in [6.45, 7) is 0. The van der Waals surface area contributed by atoms with Crippen molar-refractivity contribution in [2.75, 3.05) is 5.32 Å². The number of hydrogen-bond donors (Lipinski definition) is 1. The zero-order valence-corrected chi connectivity index (χ0v) is 11.8. The summed E-state index contributed by atoms with van der Waals surface area (Å²) in [5.41, 5.74) is -0.189. The molecule has 0 aliphatic heterocycles. The largest absolute Gasteiger partial charge is 0.416 e. The molecule has 0 radical (unpaired) electrons. The number of nitrogens with one attached hydrogen (secondary N) is 1. The number of thiazole rings is 1. The van der Waals surface area contributed by atoms with Gasteiger partial charge < -0.3 is 0 Å². The second-order valence-corrected chi connectivity index (χ2v) is 5.55. The van der Waals surface area contributed by atoms with Crippen molar-refractivity contribution in [3.8, 4) is 0 Å². The molecule has 0 unspecified atom stereocenters. The van der Waals surface area contributed by atoms with Crippen LogP contribution in [0.3, 0.4) is 0 Å². The van der Waals surface area contributed by atoms with Crippen molar-refractivity contribution in [1.29, 1.82) is 0 Å². The van der Waals surface area contributed by atoms with Crippen LogP contribution in [-0.4, -0.2) is 10.9 Å². The molecule has 1 N–H and O–H groups in total. The molecule has 0 spiro atoms. The van der Waals surface area contributed by atoms with E-state index in [1.54, 1.807) is 6.07 Å². The summed E-state index contributed by atoms with van der Waals surface area (Å²) in [5.74, 6) is -0.620. The van der Waals surface area contributed by atoms with Gasteiger partial charge in [0.1, 0.15) is 0 Å². The zero-order chi connectivity index (χ0) is 15.7. The number of carbonyl (C=O) groups is 1. The Kier molecular flexibility index (Phi) is 3.58. The summed E-state index contributed by atoms with van der Waals surface area (Å²) in [6, 6.07) is 11.6. The van der Waals surface area contributed by atoms with Crippen molar-refractivity contribution in [1.82, 2.24) is 4.98 Å². The maximum Gasteiger partial charge on any atom is 0.416 e. The van der Waals surface area contributed by atoms with Gasteiger partial charge in [-0.1, -0.05) is 29.5 Å². The van der Waals surface area contributed by atoms with E-state index >= 15 is 0 Å². The van der Waals surface area contributed by atoms with Crippen LogP contribution in [0.4, 0.5) is 18.3 Å². The minimum absolute atomic E-state index is 0.0610. The molecule has 3 rings (SSSR count). The summed E-state index contributed by atoms with van der Waals surface area (Å²) < 4.78 is 38.9. The number of anilines is 1. The molecule has 1 aromatic heterocycles. The Balaban J connectivity index is 1.85. The Morgan fingerprint density at radius 2 is 1.86 bits per heavy atom. The van der Waals surface area contributed by atoms with Crippen LogP contribution < -0.4 is 5.32 Å². The van der Waals surface area contributed by atoms with Crippen LogP contribution in [-0.2, 0) is 6.18 Å². The minimum atomic E-state index is -4.48. The van der Waals surface area contributed by atoms with Gasteiger partial charge in [0.2, 0.25) is 0 Å². The lowest BCUT2D eigenvalue weighted by atomic mass is 10.1. The van der Waals surface area contributed by atoms with Crippen LogP contribution >= 0.6 is 11.3 Å². The predicted octanol–water partition coefficient (Wildman–Crippen LogP) is 4.57. The Hall–Kier alpha value is -2.41. The van der Waals surface area contributed by atoms with E-state index in [0.29, 0.717) is 5.13 Å². The molecule has 2 aromatic carbocycles. The molecule has 3 nitrogen and oxygen atoms in total. The number of fused-ring (bicyclic) bond motifs is 1. The van der Waals surface area contributed by atoms with Gasteiger partial charge >= 0.3 is 6.18 Å². The van der Waals surface area contributed by atoms with E-state index in [2.05, 4.69) is 10.3 Å². The molecule has 3 aromatic rings. The lowest BCUT2D eigenvalue weighted by molar-refractivity contribution is -0.137. The molecule has 0 bridgehead atoms. The summed E-state index contributed by atoms with van der Waals surface area (Å²) in [6.07, 6.45) is -4.48. The molecule has 7 heteroatoms. The minimum Gasteiger partial charge on any atom is -0.298 e. The van der Waals surface area contributed by atoms with E-state index in [1.165, 1.54) is 23.5 Å². The number of carbonyl (C=O) groups excluding carboxylic acids is 1. The second kappa shape index (κ2) is 5.42. The first-order chi connectivity index (χ1) is 10.4. The van der Waals surface area contributed by atoms with Crippen LogP contribution in [0.1, 0.15) is 15.9 Å². The third kappa shape index (κ3) is 2.94. The van der Waals surface area contributed by atoms with E-state index in [1.807, 2.05) is 18.2 Å². The molecule has 0 aliphatic carbocycles. The van der Waals surface area contributed by atoms with Gasteiger partial charge in [-0.25, -0.2) is 4.98 Å². The Bertz CT molecular complexity index is 809. The van der Waals surface area contributed by atoms with Crippen LogP contribution in [0, 0.1) is 0 Å². The number of halogens is 3. The van der Waals surface area contributed by atoms with Gasteiger partial charge in [0, 0.05) is 5.56 Å². The molecule has 0 saturated heterocycles. The number of hydrogen-bond acceptors (Lipinski definition) is 3. The van der Waals surface area contributed by atoms with Crippen LogP contribution in [0.5, 0.6) is 0 Å². The van der Waals surface area contributed by atoms with E-state index < -0.39 is 17.6 Å². The van der Waals surface area contributed by atoms with Gasteiger partial charge in [0.05, 0.1) is 15.8 Å². The van der Waals surface area contributed by atoms with E-state index in [9.17, 15) is 18.0 Å². The maximum atomic E-state index is 12.7. The van der Waals surface area contributed by atoms with Gasteiger partial charge in [-0.05, 0) is 30.3 Å². The zero-order valence-electron chi connectivity index (χ0n) is 11.0. The van der Waals surface area contributed by atoms with Crippen LogP contribution in [0.15, 0.2) is 48.5 Å². The normalized spacial score (nSPS) is 11.6. The Morgan fingerprint density at radius 3 is 2.59 bits per heavy atom. The molecule has 0 atom stereocenters. The van der Waals surface area contributed by atoms with Crippen molar-refractivity contribution < 1.29 is 18.0 Å². The highest BCUT2D eigenvalue weighted by atomic mass is 32.1. The highest BCUT2D eigenvalue weighted by Crippen LogP contribution is 2.30. The first-order valence-electron chi connectivity index (χ1n) is 6.28. The number of nitrogens with zero attached hydrogens (tertiary/aromatic N) is 1. The first-order valence-corrected chi connectivity index (χ1v) is 7.09. The van der Waals surface area contributed by atoms with Gasteiger partial charge in [-0.3, -0.25) is 10.1 Å². The first kappa shape index (κ1) is 14.5. The SMILES string of the molecule is O=C(Nc1nc2ccccc2s1)c1cccc(C(F)(F)F)c1. The molecule has 1 amide bonds. The molecular formula is C15H9F3N2OS. The van der Waals surface area contributed by atoms with Crippen molar-refractivity contribution >= 4 is 32.6 Å². The summed E-state index contributed by atoms with van der Waals surface area (Å²) in [5, 5.41) is 2.88. The number of benzene rings is 2. The van der Waals surface area contributed by atoms with Crippen molar-refractivity contribution in [3.05, 3.63) is 59.7 Å². The average molecular weight is 322 g/mol. The number of para-hydroxylation sites is 1. The maximum absolute atomic E-state index is 12.7. The van der Waals surface area contributed by atoms with E-state index in [0.717, 1.165) is 22.3 Å². The molecule has 112 valence electrons. The van der Waals surface area contributed by atoms with Gasteiger partial charge in [-0.2, -0.15) is 13.2 Å². The topological polar surface area (TPSA) is 42.0 Å². The second-order valence-electron chi connectivity index (χ2n) is 4.52. The smallest absolute Gasteiger partial charge is 0.298 e. The standard InChI is InChI=1S/C15H9F3N2OS/c16-15(17,18)10-5-3-4-9(8-10)13(21)20-14-19-11-6-1-2-7-12(11)22-14/h1-8H,(H,19,20,21). The molecule has 0 aliphatic rings. The fourth-order valence-corrected chi connectivity index (χ4v) is 2.79. The van der Waals surface area contributed by atoms with Crippen LogP contribution in [0.2, 0.25) is 0 Å².